The second-order valence-electron chi connectivity index (χ2n) is 3.34. The lowest BCUT2D eigenvalue weighted by Gasteiger charge is -2.11. The maximum Gasteiger partial charge on any atom is 0.387 e. The summed E-state index contributed by atoms with van der Waals surface area (Å²) in [6.45, 7) is 1.12. The number of hydrogen-bond acceptors (Lipinski definition) is 3. The Morgan fingerprint density at radius 3 is 2.83 bits per heavy atom. The van der Waals surface area contributed by atoms with Crippen LogP contribution in [-0.2, 0) is 4.79 Å². The van der Waals surface area contributed by atoms with Gasteiger partial charge < -0.3 is 15.4 Å². The third-order valence-electron chi connectivity index (χ3n) is 1.95. The third kappa shape index (κ3) is 4.92. The molecule has 0 saturated heterocycles. The van der Waals surface area contributed by atoms with Gasteiger partial charge in [-0.3, -0.25) is 4.79 Å². The zero-order valence-electron chi connectivity index (χ0n) is 9.66. The highest BCUT2D eigenvalue weighted by molar-refractivity contribution is 5.93. The maximum absolute atomic E-state index is 12.1. The molecule has 98 valence electrons. The number of carbonyl (C=O) groups is 1. The Hall–Kier alpha value is -1.95. The van der Waals surface area contributed by atoms with Gasteiger partial charge in [0.1, 0.15) is 5.75 Å². The van der Waals surface area contributed by atoms with E-state index in [0.29, 0.717) is 6.54 Å². The second-order valence-corrected chi connectivity index (χ2v) is 3.34. The van der Waals surface area contributed by atoms with Crippen LogP contribution < -0.4 is 15.4 Å². The fraction of sp³-hybridized carbons (Fsp3) is 0.250. The van der Waals surface area contributed by atoms with E-state index in [1.807, 2.05) is 0 Å². The lowest BCUT2D eigenvalue weighted by molar-refractivity contribution is -0.115. The molecule has 0 aliphatic carbocycles. The monoisotopic (exact) mass is 256 g/mol. The van der Waals surface area contributed by atoms with E-state index in [-0.39, 0.29) is 23.9 Å². The molecule has 1 rings (SSSR count). The Bertz CT molecular complexity index is 411. The molecule has 0 heterocycles. The number of anilines is 1. The molecule has 0 aliphatic heterocycles. The van der Waals surface area contributed by atoms with Crippen LogP contribution in [0.2, 0.25) is 0 Å². The van der Waals surface area contributed by atoms with Crippen LogP contribution in [0, 0.1) is 0 Å². The van der Waals surface area contributed by atoms with Crippen LogP contribution in [0.5, 0.6) is 5.75 Å². The van der Waals surface area contributed by atoms with Gasteiger partial charge in [0.25, 0.3) is 0 Å². The van der Waals surface area contributed by atoms with E-state index in [4.69, 9.17) is 0 Å². The number of halogens is 2. The summed E-state index contributed by atoms with van der Waals surface area (Å²) in [4.78, 5) is 11.5. The molecule has 0 bridgehead atoms. The van der Waals surface area contributed by atoms with Crippen LogP contribution in [0.25, 0.3) is 0 Å². The van der Waals surface area contributed by atoms with Crippen molar-refractivity contribution >= 4 is 11.6 Å². The smallest absolute Gasteiger partial charge is 0.387 e. The SMILES string of the molecule is C=CCNCC(=O)Nc1ccccc1OC(F)F. The van der Waals surface area contributed by atoms with Gasteiger partial charge in [-0.2, -0.15) is 8.78 Å². The minimum absolute atomic E-state index is 0.0645. The normalized spacial score (nSPS) is 10.2. The maximum atomic E-state index is 12.1. The number of hydrogen-bond donors (Lipinski definition) is 2. The summed E-state index contributed by atoms with van der Waals surface area (Å²) in [5.74, 6) is -0.410. The summed E-state index contributed by atoms with van der Waals surface area (Å²) >= 11 is 0. The largest absolute Gasteiger partial charge is 0.433 e. The first kappa shape index (κ1) is 14.1. The van der Waals surface area contributed by atoms with Gasteiger partial charge in [-0.15, -0.1) is 6.58 Å². The molecule has 2 N–H and O–H groups in total. The van der Waals surface area contributed by atoms with Crippen molar-refractivity contribution in [3.05, 3.63) is 36.9 Å². The van der Waals surface area contributed by atoms with Gasteiger partial charge in [-0.1, -0.05) is 18.2 Å². The summed E-state index contributed by atoms with van der Waals surface area (Å²) in [5, 5.41) is 5.28. The van der Waals surface area contributed by atoms with Gasteiger partial charge in [-0.25, -0.2) is 0 Å². The van der Waals surface area contributed by atoms with Crippen molar-refractivity contribution in [3.8, 4) is 5.75 Å². The lowest BCUT2D eigenvalue weighted by Crippen LogP contribution is -2.28. The number of alkyl halides is 2. The third-order valence-corrected chi connectivity index (χ3v) is 1.95. The van der Waals surface area contributed by atoms with Crippen molar-refractivity contribution in [3.63, 3.8) is 0 Å². The molecule has 4 nitrogen and oxygen atoms in total. The highest BCUT2D eigenvalue weighted by Crippen LogP contribution is 2.25. The number of para-hydroxylation sites is 2. The minimum atomic E-state index is -2.93. The number of nitrogens with one attached hydrogen (secondary N) is 2. The van der Waals surface area contributed by atoms with Gasteiger partial charge in [-0.05, 0) is 12.1 Å². The van der Waals surface area contributed by atoms with Gasteiger partial charge in [0, 0.05) is 6.54 Å². The van der Waals surface area contributed by atoms with Crippen molar-refractivity contribution in [2.45, 2.75) is 6.61 Å². The van der Waals surface area contributed by atoms with Crippen molar-refractivity contribution < 1.29 is 18.3 Å². The molecular weight excluding hydrogens is 242 g/mol. The highest BCUT2D eigenvalue weighted by atomic mass is 19.3. The number of ether oxygens (including phenoxy) is 1. The van der Waals surface area contributed by atoms with Crippen LogP contribution in [0.15, 0.2) is 36.9 Å². The Morgan fingerprint density at radius 1 is 1.44 bits per heavy atom. The summed E-state index contributed by atoms with van der Waals surface area (Å²) in [6.07, 6.45) is 1.61. The Labute approximate surface area is 104 Å². The number of rotatable bonds is 7. The number of carbonyl (C=O) groups excluding carboxylic acids is 1. The first-order chi connectivity index (χ1) is 8.63. The molecule has 0 atom stereocenters. The molecule has 18 heavy (non-hydrogen) atoms. The molecular formula is C12H14F2N2O2. The van der Waals surface area contributed by atoms with Crippen molar-refractivity contribution in [2.24, 2.45) is 0 Å². The summed E-state index contributed by atoms with van der Waals surface area (Å²) in [7, 11) is 0. The quantitative estimate of drug-likeness (QED) is 0.579. The molecule has 0 unspecified atom stereocenters. The molecule has 6 heteroatoms. The molecule has 0 aliphatic rings. The lowest BCUT2D eigenvalue weighted by atomic mass is 10.3. The molecule has 0 aromatic heterocycles. The minimum Gasteiger partial charge on any atom is -0.433 e. The second kappa shape index (κ2) is 7.39. The van der Waals surface area contributed by atoms with Crippen molar-refractivity contribution in [1.82, 2.24) is 5.32 Å². The first-order valence-electron chi connectivity index (χ1n) is 5.28. The summed E-state index contributed by atoms with van der Waals surface area (Å²) in [6, 6.07) is 6.01. The number of benzene rings is 1. The van der Waals surface area contributed by atoms with Crippen molar-refractivity contribution in [2.75, 3.05) is 18.4 Å². The van der Waals surface area contributed by atoms with E-state index < -0.39 is 6.61 Å². The van der Waals surface area contributed by atoms with Gasteiger partial charge in [0.15, 0.2) is 0 Å². The van der Waals surface area contributed by atoms with Crippen LogP contribution in [0.4, 0.5) is 14.5 Å². The van der Waals surface area contributed by atoms with E-state index >= 15 is 0 Å². The fourth-order valence-electron chi connectivity index (χ4n) is 1.25. The average molecular weight is 256 g/mol. The summed E-state index contributed by atoms with van der Waals surface area (Å²) < 4.78 is 28.5. The van der Waals surface area contributed by atoms with Gasteiger partial charge in [0.2, 0.25) is 5.91 Å². The molecule has 0 fully saturated rings. The summed E-state index contributed by atoms with van der Waals surface area (Å²) in [5.41, 5.74) is 0.211. The van der Waals surface area contributed by atoms with Crippen molar-refractivity contribution in [1.29, 1.82) is 0 Å². The van der Waals surface area contributed by atoms with E-state index in [0.717, 1.165) is 0 Å². The Balaban J connectivity index is 2.60. The van der Waals surface area contributed by atoms with Gasteiger partial charge >= 0.3 is 6.61 Å². The Morgan fingerprint density at radius 2 is 2.17 bits per heavy atom. The topological polar surface area (TPSA) is 50.4 Å². The van der Waals surface area contributed by atoms with Crippen LogP contribution in [0.3, 0.4) is 0 Å². The predicted molar refractivity (Wildman–Crippen MR) is 64.8 cm³/mol. The predicted octanol–water partition coefficient (Wildman–Crippen LogP) is 2.00. The first-order valence-corrected chi connectivity index (χ1v) is 5.28. The molecule has 0 saturated carbocycles. The standard InChI is InChI=1S/C12H14F2N2O2/c1-2-7-15-8-11(17)16-9-5-3-4-6-10(9)18-12(13)14/h2-6,12,15H,1,7-8H2,(H,16,17). The average Bonchev–Trinajstić information content (AvgIpc) is 2.31. The fourth-order valence-corrected chi connectivity index (χ4v) is 1.25. The Kier molecular flexibility index (Phi) is 5.79. The molecule has 1 amide bonds. The molecule has 0 spiro atoms. The van der Waals surface area contributed by atoms with E-state index in [1.165, 1.54) is 12.1 Å². The van der Waals surface area contributed by atoms with Crippen LogP contribution in [0.1, 0.15) is 0 Å². The van der Waals surface area contributed by atoms with E-state index in [1.54, 1.807) is 18.2 Å². The van der Waals surface area contributed by atoms with Crippen LogP contribution in [-0.4, -0.2) is 25.6 Å². The van der Waals surface area contributed by atoms with E-state index in [2.05, 4.69) is 21.9 Å². The van der Waals surface area contributed by atoms with E-state index in [9.17, 15) is 13.6 Å². The highest BCUT2D eigenvalue weighted by Gasteiger charge is 2.10. The molecule has 1 aromatic carbocycles. The zero-order valence-corrected chi connectivity index (χ0v) is 9.66. The van der Waals surface area contributed by atoms with Crippen LogP contribution >= 0.6 is 0 Å². The zero-order chi connectivity index (χ0) is 13.4. The van der Waals surface area contributed by atoms with Gasteiger partial charge in [0.05, 0.1) is 12.2 Å². The molecule has 0 radical (unpaired) electrons. The molecule has 1 aromatic rings. The number of amides is 1.